The highest BCUT2D eigenvalue weighted by atomic mass is 19.1. The van der Waals surface area contributed by atoms with Crippen molar-refractivity contribution >= 4 is 17.5 Å². The number of nitrogens with one attached hydrogen (secondary N) is 2. The van der Waals surface area contributed by atoms with Crippen LogP contribution in [0.25, 0.3) is 0 Å². The second-order valence-electron chi connectivity index (χ2n) is 5.44. The van der Waals surface area contributed by atoms with Crippen LogP contribution in [0.1, 0.15) is 5.56 Å². The SMILES string of the molecule is Fc1ccc(Nc2nccc(NCc3ccc4c(c3)OCO4)n2)cc1. The van der Waals surface area contributed by atoms with Gasteiger partial charge in [0.2, 0.25) is 12.7 Å². The Balaban J connectivity index is 1.42. The van der Waals surface area contributed by atoms with Gasteiger partial charge in [-0.15, -0.1) is 0 Å². The van der Waals surface area contributed by atoms with Crippen LogP contribution in [0.5, 0.6) is 11.5 Å². The van der Waals surface area contributed by atoms with Crippen LogP contribution >= 0.6 is 0 Å². The molecule has 0 atom stereocenters. The molecule has 6 nitrogen and oxygen atoms in total. The molecule has 0 saturated carbocycles. The topological polar surface area (TPSA) is 68.3 Å². The van der Waals surface area contributed by atoms with Crippen molar-refractivity contribution in [3.63, 3.8) is 0 Å². The summed E-state index contributed by atoms with van der Waals surface area (Å²) in [6.07, 6.45) is 1.65. The van der Waals surface area contributed by atoms with Crippen LogP contribution < -0.4 is 20.1 Å². The summed E-state index contributed by atoms with van der Waals surface area (Å²) >= 11 is 0. The van der Waals surface area contributed by atoms with Gasteiger partial charge in [0.1, 0.15) is 11.6 Å². The van der Waals surface area contributed by atoms with E-state index in [2.05, 4.69) is 20.6 Å². The Morgan fingerprint density at radius 3 is 2.72 bits per heavy atom. The molecule has 2 aromatic carbocycles. The molecule has 0 bridgehead atoms. The van der Waals surface area contributed by atoms with Gasteiger partial charge in [-0.05, 0) is 48.0 Å². The number of benzene rings is 2. The van der Waals surface area contributed by atoms with E-state index in [-0.39, 0.29) is 12.6 Å². The highest BCUT2D eigenvalue weighted by molar-refractivity contribution is 5.54. The molecule has 126 valence electrons. The quantitative estimate of drug-likeness (QED) is 0.739. The van der Waals surface area contributed by atoms with Crippen LogP contribution in [0.15, 0.2) is 54.7 Å². The van der Waals surface area contributed by atoms with E-state index < -0.39 is 0 Å². The number of rotatable bonds is 5. The number of nitrogens with zero attached hydrogens (tertiary/aromatic N) is 2. The van der Waals surface area contributed by atoms with Crippen molar-refractivity contribution < 1.29 is 13.9 Å². The molecule has 0 amide bonds. The van der Waals surface area contributed by atoms with E-state index in [9.17, 15) is 4.39 Å². The van der Waals surface area contributed by atoms with Crippen molar-refractivity contribution in [2.24, 2.45) is 0 Å². The molecule has 0 spiro atoms. The lowest BCUT2D eigenvalue weighted by atomic mass is 10.2. The number of ether oxygens (including phenoxy) is 2. The van der Waals surface area contributed by atoms with Crippen molar-refractivity contribution in [3.8, 4) is 11.5 Å². The Hall–Kier alpha value is -3.35. The molecule has 3 aromatic rings. The van der Waals surface area contributed by atoms with Gasteiger partial charge in [0.25, 0.3) is 0 Å². The number of hydrogen-bond acceptors (Lipinski definition) is 6. The van der Waals surface area contributed by atoms with E-state index in [0.717, 1.165) is 17.1 Å². The summed E-state index contributed by atoms with van der Waals surface area (Å²) in [5, 5.41) is 6.28. The standard InChI is InChI=1S/C18H15FN4O2/c19-13-2-4-14(5-3-13)22-18-20-8-7-17(23-18)21-10-12-1-6-15-16(9-12)25-11-24-15/h1-9H,10-11H2,(H2,20,21,22,23). The van der Waals surface area contributed by atoms with Crippen LogP contribution in [-0.2, 0) is 6.54 Å². The first-order valence-corrected chi connectivity index (χ1v) is 7.74. The maximum Gasteiger partial charge on any atom is 0.231 e. The number of aromatic nitrogens is 2. The first-order chi connectivity index (χ1) is 12.3. The molecular weight excluding hydrogens is 323 g/mol. The van der Waals surface area contributed by atoms with Gasteiger partial charge in [0.05, 0.1) is 0 Å². The average molecular weight is 338 g/mol. The summed E-state index contributed by atoms with van der Waals surface area (Å²) in [4.78, 5) is 8.56. The Kier molecular flexibility index (Phi) is 4.04. The fourth-order valence-electron chi connectivity index (χ4n) is 2.42. The summed E-state index contributed by atoms with van der Waals surface area (Å²) in [7, 11) is 0. The zero-order chi connectivity index (χ0) is 17.1. The van der Waals surface area contributed by atoms with E-state index in [1.54, 1.807) is 24.4 Å². The monoisotopic (exact) mass is 338 g/mol. The Morgan fingerprint density at radius 2 is 1.84 bits per heavy atom. The maximum atomic E-state index is 12.9. The Labute approximate surface area is 143 Å². The molecule has 2 N–H and O–H groups in total. The van der Waals surface area contributed by atoms with Gasteiger partial charge in [-0.25, -0.2) is 9.37 Å². The average Bonchev–Trinajstić information content (AvgIpc) is 3.10. The third-order valence-corrected chi connectivity index (χ3v) is 3.67. The molecule has 0 saturated heterocycles. The van der Waals surface area contributed by atoms with Crippen LogP contribution in [0.2, 0.25) is 0 Å². The Bertz CT molecular complexity index is 886. The molecule has 0 aliphatic carbocycles. The second-order valence-corrected chi connectivity index (χ2v) is 5.44. The molecular formula is C18H15FN4O2. The largest absolute Gasteiger partial charge is 0.454 e. The first-order valence-electron chi connectivity index (χ1n) is 7.74. The molecule has 2 heterocycles. The molecule has 0 unspecified atom stereocenters. The van der Waals surface area contributed by atoms with E-state index in [1.165, 1.54) is 12.1 Å². The number of anilines is 3. The van der Waals surface area contributed by atoms with Crippen LogP contribution in [0, 0.1) is 5.82 Å². The first kappa shape index (κ1) is 15.2. The van der Waals surface area contributed by atoms with E-state index in [1.807, 2.05) is 18.2 Å². The van der Waals surface area contributed by atoms with Gasteiger partial charge in [0.15, 0.2) is 11.5 Å². The van der Waals surface area contributed by atoms with Crippen LogP contribution in [0.3, 0.4) is 0 Å². The van der Waals surface area contributed by atoms with Crippen molar-refractivity contribution in [3.05, 3.63) is 66.1 Å². The summed E-state index contributed by atoms with van der Waals surface area (Å²) in [6.45, 7) is 0.847. The van der Waals surface area contributed by atoms with Gasteiger partial charge in [0, 0.05) is 18.4 Å². The van der Waals surface area contributed by atoms with Gasteiger partial charge in [-0.2, -0.15) is 4.98 Å². The summed E-state index contributed by atoms with van der Waals surface area (Å²) < 4.78 is 23.6. The summed E-state index contributed by atoms with van der Waals surface area (Å²) in [5.41, 5.74) is 1.77. The van der Waals surface area contributed by atoms with Gasteiger partial charge < -0.3 is 20.1 Å². The summed E-state index contributed by atoms with van der Waals surface area (Å²) in [5.74, 6) is 2.34. The number of hydrogen-bond donors (Lipinski definition) is 2. The molecule has 25 heavy (non-hydrogen) atoms. The predicted molar refractivity (Wildman–Crippen MR) is 91.6 cm³/mol. The number of fused-ring (bicyclic) bond motifs is 1. The highest BCUT2D eigenvalue weighted by Crippen LogP contribution is 2.32. The molecule has 7 heteroatoms. The second kappa shape index (κ2) is 6.64. The molecule has 0 fully saturated rings. The van der Waals surface area contributed by atoms with Gasteiger partial charge in [-0.3, -0.25) is 0 Å². The molecule has 1 aliphatic heterocycles. The zero-order valence-electron chi connectivity index (χ0n) is 13.2. The minimum Gasteiger partial charge on any atom is -0.454 e. The molecule has 4 rings (SSSR count). The lowest BCUT2D eigenvalue weighted by molar-refractivity contribution is 0.174. The molecule has 1 aliphatic rings. The number of halogens is 1. The smallest absolute Gasteiger partial charge is 0.231 e. The van der Waals surface area contributed by atoms with Crippen molar-refractivity contribution in [1.82, 2.24) is 9.97 Å². The normalized spacial score (nSPS) is 12.0. The third-order valence-electron chi connectivity index (χ3n) is 3.67. The minimum absolute atomic E-state index is 0.260. The minimum atomic E-state index is -0.286. The van der Waals surface area contributed by atoms with Gasteiger partial charge in [-0.1, -0.05) is 6.07 Å². The summed E-state index contributed by atoms with van der Waals surface area (Å²) in [6, 6.07) is 13.6. The zero-order valence-corrected chi connectivity index (χ0v) is 13.2. The molecule has 0 radical (unpaired) electrons. The predicted octanol–water partition coefficient (Wildman–Crippen LogP) is 3.70. The lowest BCUT2D eigenvalue weighted by Gasteiger charge is -2.09. The van der Waals surface area contributed by atoms with Crippen LogP contribution in [-0.4, -0.2) is 16.8 Å². The van der Waals surface area contributed by atoms with Crippen molar-refractivity contribution in [1.29, 1.82) is 0 Å². The van der Waals surface area contributed by atoms with E-state index in [4.69, 9.17) is 9.47 Å². The van der Waals surface area contributed by atoms with Crippen molar-refractivity contribution in [2.75, 3.05) is 17.4 Å². The van der Waals surface area contributed by atoms with Crippen molar-refractivity contribution in [2.45, 2.75) is 6.54 Å². The van der Waals surface area contributed by atoms with Gasteiger partial charge >= 0.3 is 0 Å². The highest BCUT2D eigenvalue weighted by Gasteiger charge is 2.13. The maximum absolute atomic E-state index is 12.9. The Morgan fingerprint density at radius 1 is 1.00 bits per heavy atom. The lowest BCUT2D eigenvalue weighted by Crippen LogP contribution is -2.04. The fraction of sp³-hybridized carbons (Fsp3) is 0.111. The third kappa shape index (κ3) is 3.60. The molecule has 1 aromatic heterocycles. The van der Waals surface area contributed by atoms with E-state index in [0.29, 0.717) is 24.0 Å². The fourth-order valence-corrected chi connectivity index (χ4v) is 2.42. The van der Waals surface area contributed by atoms with E-state index >= 15 is 0 Å². The van der Waals surface area contributed by atoms with Crippen LogP contribution in [0.4, 0.5) is 21.8 Å².